The zero-order valence-corrected chi connectivity index (χ0v) is 16.1. The van der Waals surface area contributed by atoms with E-state index < -0.39 is 5.41 Å². The summed E-state index contributed by atoms with van der Waals surface area (Å²) >= 11 is 0. The molecule has 1 N–H and O–H groups in total. The van der Waals surface area contributed by atoms with Crippen LogP contribution >= 0.6 is 0 Å². The second-order valence-corrected chi connectivity index (χ2v) is 7.40. The lowest BCUT2D eigenvalue weighted by atomic mass is 9.66. The standard InChI is InChI=1S/C24H22N4O/c25-17-18-3-1-2-4-21(18)24(10-12-27-23-22(24)9-11-26-23)19-5-7-20(8-6-19)28-13-15-29-16-14-28/h1-10,12H,11,13-16H2,(H,26,27). The average molecular weight is 382 g/mol. The normalized spacial score (nSPS) is 22.9. The van der Waals surface area contributed by atoms with Gasteiger partial charge in [0.2, 0.25) is 0 Å². The summed E-state index contributed by atoms with van der Waals surface area (Å²) in [5.74, 6) is 0.887. The molecule has 2 aromatic rings. The van der Waals surface area contributed by atoms with Gasteiger partial charge in [0.05, 0.1) is 36.8 Å². The quantitative estimate of drug-likeness (QED) is 0.886. The van der Waals surface area contributed by atoms with Crippen LogP contribution in [0.1, 0.15) is 16.7 Å². The number of fused-ring (bicyclic) bond motifs is 1. The average Bonchev–Trinajstić information content (AvgIpc) is 3.29. The number of rotatable bonds is 3. The van der Waals surface area contributed by atoms with Crippen molar-refractivity contribution in [2.24, 2.45) is 4.99 Å². The highest BCUT2D eigenvalue weighted by Crippen LogP contribution is 2.45. The van der Waals surface area contributed by atoms with Gasteiger partial charge in [-0.3, -0.25) is 4.99 Å². The predicted octanol–water partition coefficient (Wildman–Crippen LogP) is 3.14. The number of benzene rings is 2. The lowest BCUT2D eigenvalue weighted by Crippen LogP contribution is -2.40. The summed E-state index contributed by atoms with van der Waals surface area (Å²) in [6.45, 7) is 4.01. The van der Waals surface area contributed by atoms with Crippen LogP contribution in [0, 0.1) is 11.3 Å². The van der Waals surface area contributed by atoms with E-state index in [0.29, 0.717) is 12.1 Å². The number of hydrogen-bond acceptors (Lipinski definition) is 5. The fraction of sp³-hybridized carbons (Fsp3) is 0.250. The Labute approximate surface area is 170 Å². The molecular formula is C24H22N4O. The molecule has 144 valence electrons. The Morgan fingerprint density at radius 1 is 1.07 bits per heavy atom. The molecule has 5 nitrogen and oxygen atoms in total. The Hall–Kier alpha value is -3.36. The van der Waals surface area contributed by atoms with E-state index in [-0.39, 0.29) is 0 Å². The number of nitrogens with zero attached hydrogens (tertiary/aromatic N) is 3. The summed E-state index contributed by atoms with van der Waals surface area (Å²) < 4.78 is 5.48. The maximum absolute atomic E-state index is 9.81. The fourth-order valence-corrected chi connectivity index (χ4v) is 4.54. The molecule has 3 aliphatic heterocycles. The second-order valence-electron chi connectivity index (χ2n) is 7.40. The number of amidine groups is 1. The van der Waals surface area contributed by atoms with Gasteiger partial charge in [0.15, 0.2) is 0 Å². The number of nitrogens with one attached hydrogen (secondary N) is 1. The van der Waals surface area contributed by atoms with Gasteiger partial charge in [-0.05, 0) is 35.4 Å². The van der Waals surface area contributed by atoms with Crippen molar-refractivity contribution in [2.75, 3.05) is 37.7 Å². The van der Waals surface area contributed by atoms with Crippen LogP contribution in [-0.2, 0) is 10.2 Å². The van der Waals surface area contributed by atoms with Crippen LogP contribution in [0.4, 0.5) is 5.69 Å². The Morgan fingerprint density at radius 2 is 1.86 bits per heavy atom. The zero-order chi connectivity index (χ0) is 19.7. The van der Waals surface area contributed by atoms with Crippen molar-refractivity contribution in [3.63, 3.8) is 0 Å². The van der Waals surface area contributed by atoms with Crippen molar-refractivity contribution in [3.05, 3.63) is 89.1 Å². The van der Waals surface area contributed by atoms with E-state index >= 15 is 0 Å². The van der Waals surface area contributed by atoms with E-state index in [1.807, 2.05) is 24.4 Å². The van der Waals surface area contributed by atoms with E-state index in [1.54, 1.807) is 0 Å². The van der Waals surface area contributed by atoms with Crippen molar-refractivity contribution in [3.8, 4) is 6.07 Å². The van der Waals surface area contributed by atoms with Gasteiger partial charge in [-0.1, -0.05) is 36.4 Å². The number of allylic oxidation sites excluding steroid dienone is 1. The Balaban J connectivity index is 1.66. The number of anilines is 1. The number of morpholine rings is 1. The van der Waals surface area contributed by atoms with Gasteiger partial charge in [0, 0.05) is 30.5 Å². The lowest BCUT2D eigenvalue weighted by Gasteiger charge is -2.38. The summed E-state index contributed by atoms with van der Waals surface area (Å²) in [4.78, 5) is 6.96. The molecule has 0 aromatic heterocycles. The Bertz CT molecular complexity index is 1060. The van der Waals surface area contributed by atoms with E-state index in [9.17, 15) is 5.26 Å². The minimum Gasteiger partial charge on any atom is -0.378 e. The van der Waals surface area contributed by atoms with Crippen LogP contribution in [0.2, 0.25) is 0 Å². The third-order valence-electron chi connectivity index (χ3n) is 5.95. The summed E-state index contributed by atoms with van der Waals surface area (Å²) in [5.41, 5.74) is 4.59. The number of ether oxygens (including phenoxy) is 1. The molecule has 1 unspecified atom stereocenters. The molecular weight excluding hydrogens is 360 g/mol. The smallest absolute Gasteiger partial charge is 0.129 e. The first-order valence-corrected chi connectivity index (χ1v) is 9.95. The van der Waals surface area contributed by atoms with Gasteiger partial charge in [0.1, 0.15) is 5.84 Å². The molecule has 3 aliphatic rings. The van der Waals surface area contributed by atoms with Gasteiger partial charge in [-0.15, -0.1) is 0 Å². The minimum absolute atomic E-state index is 0.531. The van der Waals surface area contributed by atoms with Crippen LogP contribution in [0.3, 0.4) is 0 Å². The molecule has 3 heterocycles. The predicted molar refractivity (Wildman–Crippen MR) is 114 cm³/mol. The minimum atomic E-state index is -0.531. The van der Waals surface area contributed by atoms with Gasteiger partial charge >= 0.3 is 0 Å². The third kappa shape index (κ3) is 2.84. The number of aliphatic imine (C=N–C) groups is 1. The van der Waals surface area contributed by atoms with Crippen molar-refractivity contribution < 1.29 is 4.74 Å². The first-order valence-electron chi connectivity index (χ1n) is 9.95. The Kier molecular flexibility index (Phi) is 4.42. The molecule has 5 rings (SSSR count). The van der Waals surface area contributed by atoms with Gasteiger partial charge in [0.25, 0.3) is 0 Å². The SMILES string of the molecule is N#Cc1ccccc1C1(c2ccc(N3CCOCC3)cc2)C=CNC2=NCC=C21. The van der Waals surface area contributed by atoms with Crippen molar-refractivity contribution in [1.29, 1.82) is 5.26 Å². The van der Waals surface area contributed by atoms with Crippen LogP contribution in [0.25, 0.3) is 0 Å². The zero-order valence-electron chi connectivity index (χ0n) is 16.1. The molecule has 0 bridgehead atoms. The second kappa shape index (κ2) is 7.23. The van der Waals surface area contributed by atoms with Crippen LogP contribution in [0.15, 0.2) is 77.4 Å². The van der Waals surface area contributed by atoms with E-state index in [4.69, 9.17) is 4.74 Å². The largest absolute Gasteiger partial charge is 0.378 e. The van der Waals surface area contributed by atoms with E-state index in [1.165, 1.54) is 5.69 Å². The van der Waals surface area contributed by atoms with Gasteiger partial charge in [-0.2, -0.15) is 5.26 Å². The van der Waals surface area contributed by atoms with E-state index in [0.717, 1.165) is 48.8 Å². The molecule has 1 saturated heterocycles. The van der Waals surface area contributed by atoms with Crippen molar-refractivity contribution in [1.82, 2.24) is 5.32 Å². The molecule has 0 aliphatic carbocycles. The van der Waals surface area contributed by atoms with Gasteiger partial charge in [-0.25, -0.2) is 0 Å². The fourth-order valence-electron chi connectivity index (χ4n) is 4.54. The molecule has 0 radical (unpaired) electrons. The number of nitriles is 1. The molecule has 5 heteroatoms. The lowest BCUT2D eigenvalue weighted by molar-refractivity contribution is 0.122. The summed E-state index contributed by atoms with van der Waals surface area (Å²) in [6, 6.07) is 19.0. The van der Waals surface area contributed by atoms with E-state index in [2.05, 4.69) is 63.8 Å². The van der Waals surface area contributed by atoms with Crippen molar-refractivity contribution in [2.45, 2.75) is 5.41 Å². The first-order chi connectivity index (χ1) is 14.3. The maximum atomic E-state index is 9.81. The molecule has 0 amide bonds. The van der Waals surface area contributed by atoms with Crippen LogP contribution < -0.4 is 10.2 Å². The Morgan fingerprint density at radius 3 is 2.66 bits per heavy atom. The number of hydrogen-bond donors (Lipinski definition) is 1. The first kappa shape index (κ1) is 17.7. The highest BCUT2D eigenvalue weighted by atomic mass is 16.5. The van der Waals surface area contributed by atoms with Gasteiger partial charge < -0.3 is 15.0 Å². The maximum Gasteiger partial charge on any atom is 0.129 e. The van der Waals surface area contributed by atoms with Crippen LogP contribution in [0.5, 0.6) is 0 Å². The molecule has 1 atom stereocenters. The van der Waals surface area contributed by atoms with Crippen LogP contribution in [-0.4, -0.2) is 38.7 Å². The highest BCUT2D eigenvalue weighted by molar-refractivity contribution is 6.05. The summed E-state index contributed by atoms with van der Waals surface area (Å²) in [5, 5.41) is 13.1. The molecule has 0 spiro atoms. The third-order valence-corrected chi connectivity index (χ3v) is 5.95. The topological polar surface area (TPSA) is 60.7 Å². The molecule has 29 heavy (non-hydrogen) atoms. The molecule has 1 fully saturated rings. The highest BCUT2D eigenvalue weighted by Gasteiger charge is 2.42. The monoisotopic (exact) mass is 382 g/mol. The summed E-state index contributed by atoms with van der Waals surface area (Å²) in [6.07, 6.45) is 6.27. The summed E-state index contributed by atoms with van der Waals surface area (Å²) in [7, 11) is 0. The van der Waals surface area contributed by atoms with Crippen molar-refractivity contribution >= 4 is 11.5 Å². The molecule has 0 saturated carbocycles. The molecule has 2 aromatic carbocycles.